The summed E-state index contributed by atoms with van der Waals surface area (Å²) in [6.45, 7) is 9.59. The van der Waals surface area contributed by atoms with Gasteiger partial charge in [0.25, 0.3) is 0 Å². The van der Waals surface area contributed by atoms with Crippen molar-refractivity contribution in [3.05, 3.63) is 55.9 Å². The minimum absolute atomic E-state index is 0. The Labute approximate surface area is 232 Å². The molecule has 9 heteroatoms. The third-order valence-corrected chi connectivity index (χ3v) is 4.03. The van der Waals surface area contributed by atoms with Gasteiger partial charge < -0.3 is 38.2 Å². The van der Waals surface area contributed by atoms with E-state index >= 15 is 0 Å². The van der Waals surface area contributed by atoms with Gasteiger partial charge in [-0.05, 0) is 75.7 Å². The van der Waals surface area contributed by atoms with Crippen LogP contribution in [-0.4, -0.2) is 28.0 Å². The summed E-state index contributed by atoms with van der Waals surface area (Å²) in [5.41, 5.74) is 7.35. The number of ketones is 1. The van der Waals surface area contributed by atoms with Crippen molar-refractivity contribution in [1.82, 2.24) is 9.97 Å². The third kappa shape index (κ3) is 37.6. The Bertz CT molecular complexity index is 628. The molecule has 0 aliphatic heterocycles. The minimum atomic E-state index is 0. The molecule has 3 N–H and O–H groups in total. The molecule has 0 bridgehead atoms. The number of rotatable bonds is 3. The van der Waals surface area contributed by atoms with E-state index in [1.165, 1.54) is 25.8 Å². The number of hydrogen-bond acceptors (Lipinski definition) is 5. The molecular formula is C22H37Br2IN3O2V-. The van der Waals surface area contributed by atoms with Crippen LogP contribution in [0.25, 0.3) is 0 Å². The van der Waals surface area contributed by atoms with Crippen LogP contribution < -0.4 is 5.73 Å². The SMILES string of the molecule is C.CC(C)=O.CC(C)Cc1cncc(Br)c1.CC[CH-]I.CO.Nc1cncc(Br)c1.[V]. The fraction of sp³-hybridized carbons (Fsp3) is 0.455. The van der Waals surface area contributed by atoms with Gasteiger partial charge in [0.15, 0.2) is 0 Å². The van der Waals surface area contributed by atoms with Crippen molar-refractivity contribution in [3.63, 3.8) is 0 Å². The number of halogens is 3. The normalized spacial score (nSPS) is 8.10. The van der Waals surface area contributed by atoms with Crippen LogP contribution in [-0.2, 0) is 29.8 Å². The van der Waals surface area contributed by atoms with Crippen LogP contribution in [0.5, 0.6) is 0 Å². The average molecular weight is 713 g/mol. The number of aromatic nitrogens is 2. The van der Waals surface area contributed by atoms with Gasteiger partial charge in [0, 0.05) is 59.4 Å². The minimum Gasteiger partial charge on any atom is -0.400 e. The van der Waals surface area contributed by atoms with Crippen molar-refractivity contribution in [1.29, 1.82) is 0 Å². The van der Waals surface area contributed by atoms with E-state index in [0.717, 1.165) is 22.5 Å². The van der Waals surface area contributed by atoms with Gasteiger partial charge in [0.2, 0.25) is 0 Å². The Hall–Kier alpha value is 0.00442. The van der Waals surface area contributed by atoms with E-state index in [9.17, 15) is 4.79 Å². The predicted molar refractivity (Wildman–Crippen MR) is 147 cm³/mol. The number of hydrogen-bond donors (Lipinski definition) is 2. The van der Waals surface area contributed by atoms with E-state index < -0.39 is 0 Å². The quantitative estimate of drug-likeness (QED) is 0.258. The van der Waals surface area contributed by atoms with Crippen LogP contribution in [0.15, 0.2) is 45.9 Å². The van der Waals surface area contributed by atoms with Gasteiger partial charge in [-0.15, -0.1) is 0 Å². The van der Waals surface area contributed by atoms with Gasteiger partial charge >= 0.3 is 0 Å². The van der Waals surface area contributed by atoms with Crippen LogP contribution >= 0.6 is 54.5 Å². The van der Waals surface area contributed by atoms with Crippen LogP contribution in [0.1, 0.15) is 54.0 Å². The van der Waals surface area contributed by atoms with Crippen LogP contribution in [0.2, 0.25) is 0 Å². The maximum atomic E-state index is 9.44. The number of Topliss-reactive ketones (excluding diaryl/α,β-unsaturated/α-hetero) is 1. The second-order valence-electron chi connectivity index (χ2n) is 6.02. The largest absolute Gasteiger partial charge is 0.400 e. The summed E-state index contributed by atoms with van der Waals surface area (Å²) in [6.07, 6.45) is 9.31. The van der Waals surface area contributed by atoms with E-state index in [2.05, 4.69) is 95.7 Å². The van der Waals surface area contributed by atoms with E-state index in [-0.39, 0.29) is 31.8 Å². The summed E-state index contributed by atoms with van der Waals surface area (Å²) in [5.74, 6) is 0.867. The molecule has 0 saturated heterocycles. The average Bonchev–Trinajstić information content (AvgIpc) is 2.63. The number of aliphatic hydroxyl groups is 1. The summed E-state index contributed by atoms with van der Waals surface area (Å²) >= 11 is 8.84. The van der Waals surface area contributed by atoms with E-state index in [0.29, 0.717) is 11.6 Å². The molecule has 0 amide bonds. The second-order valence-corrected chi connectivity index (χ2v) is 8.73. The van der Waals surface area contributed by atoms with Crippen molar-refractivity contribution in [3.8, 4) is 0 Å². The van der Waals surface area contributed by atoms with Crippen molar-refractivity contribution < 1.29 is 28.5 Å². The smallest absolute Gasteiger partial charge is 0.126 e. The predicted octanol–water partition coefficient (Wildman–Crippen LogP) is 7.30. The van der Waals surface area contributed by atoms with Crippen molar-refractivity contribution in [2.75, 3.05) is 12.8 Å². The summed E-state index contributed by atoms with van der Waals surface area (Å²) < 4.78 is 4.07. The first kappa shape index (κ1) is 41.3. The molecule has 2 aromatic rings. The van der Waals surface area contributed by atoms with Gasteiger partial charge in [-0.3, -0.25) is 14.4 Å². The van der Waals surface area contributed by atoms with Gasteiger partial charge in [0.1, 0.15) is 5.78 Å². The third-order valence-electron chi connectivity index (χ3n) is 2.29. The second kappa shape index (κ2) is 30.0. The molecular weight excluding hydrogens is 676 g/mol. The molecule has 2 heterocycles. The fourth-order valence-corrected chi connectivity index (χ4v) is 2.26. The standard InChI is InChI=1S/C9H12BrN.C5H5BrN2.C3H6I.C3H6O.CH4O.CH4.V/c1-7(2)3-8-4-9(10)6-11-5-8;6-4-1-5(7)3-8-2-4;1-2-3-4;1-3(2)4;1-2;;/h4-7H,3H2,1-2H3;1-3H,7H2;3H,2H2,1H3;1-2H3;2H,1H3;1H4;/q;;-1;;;;. The molecule has 2 aromatic heterocycles. The molecule has 0 spiro atoms. The molecule has 0 aromatic carbocycles. The van der Waals surface area contributed by atoms with E-state index in [4.69, 9.17) is 10.8 Å². The number of nitrogens with zero attached hydrogens (tertiary/aromatic N) is 2. The summed E-state index contributed by atoms with van der Waals surface area (Å²) in [5, 5.41) is 7.00. The fourth-order valence-electron chi connectivity index (χ4n) is 1.47. The Morgan fingerprint density at radius 1 is 1.10 bits per heavy atom. The molecule has 2 rings (SSSR count). The first-order valence-electron chi connectivity index (χ1n) is 8.91. The molecule has 0 aliphatic rings. The molecule has 0 fully saturated rings. The van der Waals surface area contributed by atoms with E-state index in [1.54, 1.807) is 18.5 Å². The van der Waals surface area contributed by atoms with Gasteiger partial charge in [-0.2, -0.15) is 6.42 Å². The van der Waals surface area contributed by atoms with Gasteiger partial charge in [-0.25, -0.2) is 0 Å². The number of aliphatic hydroxyl groups excluding tert-OH is 1. The molecule has 0 unspecified atom stereocenters. The number of pyridine rings is 2. The van der Waals surface area contributed by atoms with Crippen molar-refractivity contribution in [2.45, 2.75) is 54.9 Å². The summed E-state index contributed by atoms with van der Waals surface area (Å²) in [7, 11) is 1.00. The van der Waals surface area contributed by atoms with Crippen molar-refractivity contribution in [2.24, 2.45) is 5.92 Å². The Kier molecular flexibility index (Phi) is 40.0. The number of carbonyl (C=O) groups excluding carboxylic acids is 1. The van der Waals surface area contributed by atoms with Gasteiger partial charge in [-0.1, -0.05) is 28.2 Å². The molecule has 0 saturated carbocycles. The van der Waals surface area contributed by atoms with Crippen LogP contribution in [0.4, 0.5) is 5.69 Å². The van der Waals surface area contributed by atoms with Crippen molar-refractivity contribution >= 4 is 65.9 Å². The maximum Gasteiger partial charge on any atom is 0.126 e. The summed E-state index contributed by atoms with van der Waals surface area (Å²) in [4.78, 5) is 17.3. The summed E-state index contributed by atoms with van der Waals surface area (Å²) in [6, 6.07) is 3.92. The Morgan fingerprint density at radius 3 is 1.74 bits per heavy atom. The molecule has 179 valence electrons. The zero-order valence-electron chi connectivity index (χ0n) is 18.4. The molecule has 5 nitrogen and oxygen atoms in total. The molecule has 1 radical (unpaired) electrons. The maximum absolute atomic E-state index is 9.44. The monoisotopic (exact) mass is 711 g/mol. The van der Waals surface area contributed by atoms with E-state index in [1.807, 2.05) is 12.4 Å². The molecule has 0 atom stereocenters. The van der Waals surface area contributed by atoms with Gasteiger partial charge in [0.05, 0.1) is 5.69 Å². The molecule has 31 heavy (non-hydrogen) atoms. The van der Waals surface area contributed by atoms with Crippen LogP contribution in [0.3, 0.4) is 0 Å². The topological polar surface area (TPSA) is 89.1 Å². The number of carbonyl (C=O) groups is 1. The number of nitrogens with two attached hydrogens (primary N) is 1. The zero-order chi connectivity index (χ0) is 23.2. The number of anilines is 1. The molecule has 0 aliphatic carbocycles. The first-order valence-corrected chi connectivity index (χ1v) is 11.7. The van der Waals surface area contributed by atoms with Crippen LogP contribution in [0, 0.1) is 10.3 Å². The zero-order valence-corrected chi connectivity index (χ0v) is 25.2. The Morgan fingerprint density at radius 2 is 1.48 bits per heavy atom. The first-order chi connectivity index (χ1) is 13.6. The number of nitrogen functional groups attached to an aromatic ring is 1. The Balaban J connectivity index is -0.000000100.